The van der Waals surface area contributed by atoms with E-state index in [4.69, 9.17) is 10.2 Å². The summed E-state index contributed by atoms with van der Waals surface area (Å²) in [6.45, 7) is 1.60. The fourth-order valence-corrected chi connectivity index (χ4v) is 2.05. The Labute approximate surface area is 83.4 Å². The lowest BCUT2D eigenvalue weighted by Crippen LogP contribution is -2.16. The highest BCUT2D eigenvalue weighted by Crippen LogP contribution is 2.15. The zero-order chi connectivity index (χ0) is 10.8. The van der Waals surface area contributed by atoms with E-state index in [9.17, 15) is 8.42 Å². The molecule has 5 heteroatoms. The number of hydrogen-bond acceptors (Lipinski definition) is 3. The molecule has 1 atom stereocenters. The fourth-order valence-electron chi connectivity index (χ4n) is 1.27. The standard InChI is InChI=1S/C9H13NO3S/c1-7(11)6-8-4-2-3-5-9(8)14(10,12)13/h2-5,7,11H,6H2,1H3,(H2,10,12,13)/t7-/m0/s1. The van der Waals surface area contributed by atoms with E-state index in [0.29, 0.717) is 5.56 Å². The lowest BCUT2D eigenvalue weighted by molar-refractivity contribution is 0.194. The minimum absolute atomic E-state index is 0.0842. The summed E-state index contributed by atoms with van der Waals surface area (Å²) >= 11 is 0. The van der Waals surface area contributed by atoms with Crippen molar-refractivity contribution in [3.8, 4) is 0 Å². The lowest BCUT2D eigenvalue weighted by Gasteiger charge is -2.08. The molecule has 3 N–H and O–H groups in total. The van der Waals surface area contributed by atoms with Gasteiger partial charge >= 0.3 is 0 Å². The average Bonchev–Trinajstić information content (AvgIpc) is 2.01. The van der Waals surface area contributed by atoms with Gasteiger partial charge < -0.3 is 5.11 Å². The monoisotopic (exact) mass is 215 g/mol. The fraction of sp³-hybridized carbons (Fsp3) is 0.333. The summed E-state index contributed by atoms with van der Waals surface area (Å²) in [7, 11) is -3.69. The average molecular weight is 215 g/mol. The first-order valence-corrected chi connectivity index (χ1v) is 5.74. The van der Waals surface area contributed by atoms with E-state index in [-0.39, 0.29) is 11.3 Å². The molecule has 0 unspecified atom stereocenters. The third kappa shape index (κ3) is 2.80. The maximum absolute atomic E-state index is 11.1. The molecule has 0 bridgehead atoms. The normalized spacial score (nSPS) is 13.9. The Bertz CT molecular complexity index is 412. The van der Waals surface area contributed by atoms with Crippen molar-refractivity contribution < 1.29 is 13.5 Å². The summed E-state index contributed by atoms with van der Waals surface area (Å²) in [5.74, 6) is 0. The summed E-state index contributed by atoms with van der Waals surface area (Å²) in [5.41, 5.74) is 0.546. The summed E-state index contributed by atoms with van der Waals surface area (Å²) in [5, 5.41) is 14.2. The van der Waals surface area contributed by atoms with Crippen LogP contribution in [0.3, 0.4) is 0 Å². The van der Waals surface area contributed by atoms with Crippen molar-refractivity contribution in [2.45, 2.75) is 24.3 Å². The van der Waals surface area contributed by atoms with E-state index >= 15 is 0 Å². The molecule has 0 aliphatic carbocycles. The van der Waals surface area contributed by atoms with Crippen LogP contribution in [0.5, 0.6) is 0 Å². The molecule has 0 saturated carbocycles. The second kappa shape index (κ2) is 4.08. The molecule has 0 fully saturated rings. The Balaban J connectivity index is 3.17. The van der Waals surface area contributed by atoms with E-state index in [0.717, 1.165) is 0 Å². The summed E-state index contributed by atoms with van der Waals surface area (Å²) in [6.07, 6.45) is -0.301. The maximum atomic E-state index is 11.1. The third-order valence-corrected chi connectivity index (χ3v) is 2.81. The minimum atomic E-state index is -3.69. The van der Waals surface area contributed by atoms with Gasteiger partial charge in [0.2, 0.25) is 10.0 Å². The number of nitrogens with two attached hydrogens (primary N) is 1. The molecule has 0 heterocycles. The van der Waals surface area contributed by atoms with Gasteiger partial charge in [0.15, 0.2) is 0 Å². The van der Waals surface area contributed by atoms with Crippen molar-refractivity contribution in [3.05, 3.63) is 29.8 Å². The van der Waals surface area contributed by atoms with Gasteiger partial charge in [-0.2, -0.15) is 0 Å². The Morgan fingerprint density at radius 2 is 2.00 bits per heavy atom. The van der Waals surface area contributed by atoms with Crippen LogP contribution in [0.25, 0.3) is 0 Å². The van der Waals surface area contributed by atoms with Crippen molar-refractivity contribution in [1.29, 1.82) is 0 Å². The zero-order valence-electron chi connectivity index (χ0n) is 7.84. The van der Waals surface area contributed by atoms with Gasteiger partial charge in [-0.1, -0.05) is 18.2 Å². The molecule has 0 saturated heterocycles. The molecule has 14 heavy (non-hydrogen) atoms. The van der Waals surface area contributed by atoms with Crippen molar-refractivity contribution >= 4 is 10.0 Å². The molecular formula is C9H13NO3S. The number of aliphatic hydroxyl groups is 1. The molecule has 0 aromatic heterocycles. The van der Waals surface area contributed by atoms with Crippen molar-refractivity contribution in [2.75, 3.05) is 0 Å². The van der Waals surface area contributed by atoms with Crippen molar-refractivity contribution in [1.82, 2.24) is 0 Å². The van der Waals surface area contributed by atoms with E-state index in [1.54, 1.807) is 25.1 Å². The van der Waals surface area contributed by atoms with Gasteiger partial charge in [0, 0.05) is 0 Å². The van der Waals surface area contributed by atoms with Crippen molar-refractivity contribution in [3.63, 3.8) is 0 Å². The second-order valence-electron chi connectivity index (χ2n) is 3.21. The molecule has 0 aliphatic rings. The van der Waals surface area contributed by atoms with Crippen LogP contribution in [-0.2, 0) is 16.4 Å². The largest absolute Gasteiger partial charge is 0.393 e. The minimum Gasteiger partial charge on any atom is -0.393 e. The molecular weight excluding hydrogens is 202 g/mol. The van der Waals surface area contributed by atoms with E-state index in [2.05, 4.69) is 0 Å². The van der Waals surface area contributed by atoms with Crippen LogP contribution >= 0.6 is 0 Å². The van der Waals surface area contributed by atoms with Crippen LogP contribution in [0.15, 0.2) is 29.2 Å². The topological polar surface area (TPSA) is 80.4 Å². The highest BCUT2D eigenvalue weighted by molar-refractivity contribution is 7.89. The SMILES string of the molecule is C[C@H](O)Cc1ccccc1S(N)(=O)=O. The highest BCUT2D eigenvalue weighted by Gasteiger charge is 2.13. The summed E-state index contributed by atoms with van der Waals surface area (Å²) < 4.78 is 22.3. The van der Waals surface area contributed by atoms with Crippen LogP contribution in [0.4, 0.5) is 0 Å². The van der Waals surface area contributed by atoms with Gasteiger partial charge in [-0.15, -0.1) is 0 Å². The van der Waals surface area contributed by atoms with Crippen molar-refractivity contribution in [2.24, 2.45) is 5.14 Å². The number of benzene rings is 1. The summed E-state index contributed by atoms with van der Waals surface area (Å²) in [4.78, 5) is 0.0842. The van der Waals surface area contributed by atoms with Crippen LogP contribution in [-0.4, -0.2) is 19.6 Å². The van der Waals surface area contributed by atoms with E-state index < -0.39 is 16.1 Å². The van der Waals surface area contributed by atoms with Gasteiger partial charge in [-0.25, -0.2) is 13.6 Å². The Morgan fingerprint density at radius 1 is 1.43 bits per heavy atom. The number of hydrogen-bond donors (Lipinski definition) is 2. The summed E-state index contributed by atoms with van der Waals surface area (Å²) in [6, 6.07) is 6.40. The van der Waals surface area contributed by atoms with Crippen LogP contribution in [0.1, 0.15) is 12.5 Å². The van der Waals surface area contributed by atoms with Gasteiger partial charge in [0.05, 0.1) is 11.0 Å². The predicted molar refractivity (Wildman–Crippen MR) is 53.2 cm³/mol. The molecule has 78 valence electrons. The van der Waals surface area contributed by atoms with Gasteiger partial charge in [-0.05, 0) is 25.0 Å². The first-order valence-electron chi connectivity index (χ1n) is 4.20. The smallest absolute Gasteiger partial charge is 0.238 e. The zero-order valence-corrected chi connectivity index (χ0v) is 8.66. The highest BCUT2D eigenvalue weighted by atomic mass is 32.2. The van der Waals surface area contributed by atoms with E-state index in [1.807, 2.05) is 0 Å². The maximum Gasteiger partial charge on any atom is 0.238 e. The molecule has 0 aliphatic heterocycles. The number of rotatable bonds is 3. The Morgan fingerprint density at radius 3 is 2.50 bits per heavy atom. The molecule has 0 spiro atoms. The van der Waals surface area contributed by atoms with Gasteiger partial charge in [0.1, 0.15) is 0 Å². The van der Waals surface area contributed by atoms with Crippen LogP contribution in [0, 0.1) is 0 Å². The van der Waals surface area contributed by atoms with Gasteiger partial charge in [0.25, 0.3) is 0 Å². The third-order valence-electron chi connectivity index (χ3n) is 1.79. The first kappa shape index (κ1) is 11.2. The van der Waals surface area contributed by atoms with Gasteiger partial charge in [-0.3, -0.25) is 0 Å². The molecule has 0 amide bonds. The number of aliphatic hydroxyl groups excluding tert-OH is 1. The number of primary sulfonamides is 1. The van der Waals surface area contributed by atoms with E-state index in [1.165, 1.54) is 6.07 Å². The Kier molecular flexibility index (Phi) is 3.25. The predicted octanol–water partition coefficient (Wildman–Crippen LogP) is 0.257. The molecule has 0 radical (unpaired) electrons. The lowest BCUT2D eigenvalue weighted by atomic mass is 10.1. The molecule has 4 nitrogen and oxygen atoms in total. The van der Waals surface area contributed by atoms with Crippen LogP contribution in [0.2, 0.25) is 0 Å². The molecule has 1 aromatic carbocycles. The number of sulfonamides is 1. The first-order chi connectivity index (χ1) is 6.41. The van der Waals surface area contributed by atoms with Crippen LogP contribution < -0.4 is 5.14 Å². The molecule has 1 rings (SSSR count). The Hall–Kier alpha value is -0.910. The molecule has 1 aromatic rings. The quantitative estimate of drug-likeness (QED) is 0.758. The second-order valence-corrected chi connectivity index (χ2v) is 4.74.